The number of hydrogen-bond acceptors (Lipinski definition) is 1. The zero-order chi connectivity index (χ0) is 11.5. The molecular weight excluding hydrogens is 210 g/mol. The van der Waals surface area contributed by atoms with Gasteiger partial charge in [-0.1, -0.05) is 6.07 Å². The van der Waals surface area contributed by atoms with E-state index in [4.69, 9.17) is 5.26 Å². The molecule has 0 N–H and O–H groups in total. The summed E-state index contributed by atoms with van der Waals surface area (Å²) in [5.74, 6) is 2.37. The molecule has 0 spiro atoms. The topological polar surface area (TPSA) is 23.8 Å². The fourth-order valence-electron chi connectivity index (χ4n) is 0.943. The molecule has 5 heteroatoms. The molecule has 0 amide bonds. The minimum atomic E-state index is -4.76. The predicted molar refractivity (Wildman–Crippen MR) is 43.9 cm³/mol. The van der Waals surface area contributed by atoms with Gasteiger partial charge in [-0.05, 0) is 18.1 Å². The molecule has 76 valence electrons. The number of hydrogen-bond donors (Lipinski definition) is 0. The molecule has 0 aliphatic heterocycles. The first-order chi connectivity index (χ1) is 6.96. The van der Waals surface area contributed by atoms with E-state index in [1.807, 2.05) is 11.8 Å². The summed E-state index contributed by atoms with van der Waals surface area (Å²) < 4.78 is 49.8. The zero-order valence-corrected chi connectivity index (χ0v) is 7.19. The number of nitriles is 1. The Morgan fingerprint density at radius 2 is 1.87 bits per heavy atom. The maximum absolute atomic E-state index is 13.2. The first kappa shape index (κ1) is 11.1. The van der Waals surface area contributed by atoms with Crippen molar-refractivity contribution in [2.45, 2.75) is 6.18 Å². The smallest absolute Gasteiger partial charge is 0.205 e. The molecule has 0 aliphatic rings. The Morgan fingerprint density at radius 1 is 1.20 bits per heavy atom. The van der Waals surface area contributed by atoms with Crippen molar-refractivity contribution in [3.05, 3.63) is 35.1 Å². The van der Waals surface area contributed by atoms with E-state index in [9.17, 15) is 17.6 Å². The van der Waals surface area contributed by atoms with Crippen LogP contribution in [0.25, 0.3) is 0 Å². The van der Waals surface area contributed by atoms with Gasteiger partial charge in [-0.3, -0.25) is 0 Å². The standard InChI is InChI=1S/C10H3F4N/c11-9-7(4-2-6-15)3-1-5-8(9)10(12,13)14/h1,3,5H. The van der Waals surface area contributed by atoms with Gasteiger partial charge in [-0.2, -0.15) is 18.4 Å². The SMILES string of the molecule is N#CC#Cc1cccc(C(F)(F)F)c1F. The molecule has 0 aromatic heterocycles. The number of rotatable bonds is 0. The molecule has 0 bridgehead atoms. The average molecular weight is 213 g/mol. The lowest BCUT2D eigenvalue weighted by atomic mass is 10.1. The van der Waals surface area contributed by atoms with Gasteiger partial charge in [0.2, 0.25) is 0 Å². The summed E-state index contributed by atoms with van der Waals surface area (Å²) in [7, 11) is 0. The van der Waals surface area contributed by atoms with E-state index < -0.39 is 23.1 Å². The van der Waals surface area contributed by atoms with Crippen LogP contribution >= 0.6 is 0 Å². The van der Waals surface area contributed by atoms with Gasteiger partial charge in [-0.25, -0.2) is 4.39 Å². The quantitative estimate of drug-likeness (QED) is 0.480. The lowest BCUT2D eigenvalue weighted by molar-refractivity contribution is -0.140. The molecule has 1 aromatic carbocycles. The first-order valence-electron chi connectivity index (χ1n) is 3.72. The minimum absolute atomic E-state index is 0.439. The van der Waals surface area contributed by atoms with E-state index in [0.717, 1.165) is 12.1 Å². The molecule has 0 radical (unpaired) electrons. The fourth-order valence-corrected chi connectivity index (χ4v) is 0.943. The van der Waals surface area contributed by atoms with E-state index in [2.05, 4.69) is 0 Å². The van der Waals surface area contributed by atoms with E-state index >= 15 is 0 Å². The number of halogens is 4. The van der Waals surface area contributed by atoms with Crippen molar-refractivity contribution in [2.24, 2.45) is 0 Å². The summed E-state index contributed by atoms with van der Waals surface area (Å²) in [6.07, 6.45) is -4.76. The van der Waals surface area contributed by atoms with Crippen molar-refractivity contribution in [1.82, 2.24) is 0 Å². The summed E-state index contributed by atoms with van der Waals surface area (Å²) in [5.41, 5.74) is -1.82. The van der Waals surface area contributed by atoms with Gasteiger partial charge in [0.05, 0.1) is 11.1 Å². The predicted octanol–water partition coefficient (Wildman–Crippen LogP) is 2.72. The van der Waals surface area contributed by atoms with Crippen LogP contribution < -0.4 is 0 Å². The van der Waals surface area contributed by atoms with Crippen LogP contribution in [0.15, 0.2) is 18.2 Å². The van der Waals surface area contributed by atoms with Crippen LogP contribution in [0.4, 0.5) is 17.6 Å². The third-order valence-corrected chi connectivity index (χ3v) is 1.56. The Bertz CT molecular complexity index is 471. The van der Waals surface area contributed by atoms with Gasteiger partial charge in [0.15, 0.2) is 11.9 Å². The molecule has 1 rings (SSSR count). The molecule has 0 unspecified atom stereocenters. The molecule has 0 heterocycles. The Hall–Kier alpha value is -2.01. The van der Waals surface area contributed by atoms with E-state index in [0.29, 0.717) is 6.07 Å². The monoisotopic (exact) mass is 213 g/mol. The second-order valence-corrected chi connectivity index (χ2v) is 2.53. The van der Waals surface area contributed by atoms with Crippen LogP contribution in [-0.4, -0.2) is 0 Å². The lowest BCUT2D eigenvalue weighted by Gasteiger charge is -2.07. The number of nitrogens with zero attached hydrogens (tertiary/aromatic N) is 1. The second-order valence-electron chi connectivity index (χ2n) is 2.53. The van der Waals surface area contributed by atoms with Gasteiger partial charge in [0.25, 0.3) is 0 Å². The molecule has 0 atom stereocenters. The lowest BCUT2D eigenvalue weighted by Crippen LogP contribution is -2.08. The van der Waals surface area contributed by atoms with E-state index in [1.54, 1.807) is 0 Å². The van der Waals surface area contributed by atoms with Crippen LogP contribution in [0.2, 0.25) is 0 Å². The molecule has 0 aliphatic carbocycles. The molecule has 0 saturated carbocycles. The Balaban J connectivity index is 3.31. The summed E-state index contributed by atoms with van der Waals surface area (Å²) in [6.45, 7) is 0. The van der Waals surface area contributed by atoms with Crippen molar-refractivity contribution >= 4 is 0 Å². The molecule has 15 heavy (non-hydrogen) atoms. The first-order valence-corrected chi connectivity index (χ1v) is 3.72. The van der Waals surface area contributed by atoms with Gasteiger partial charge in [-0.15, -0.1) is 0 Å². The summed E-state index contributed by atoms with van der Waals surface area (Å²) >= 11 is 0. The van der Waals surface area contributed by atoms with Crippen molar-refractivity contribution in [1.29, 1.82) is 5.26 Å². The van der Waals surface area contributed by atoms with Crippen molar-refractivity contribution in [3.8, 4) is 17.9 Å². The highest BCUT2D eigenvalue weighted by atomic mass is 19.4. The van der Waals surface area contributed by atoms with Gasteiger partial charge in [0.1, 0.15) is 0 Å². The van der Waals surface area contributed by atoms with Gasteiger partial charge >= 0.3 is 6.18 Å². The highest BCUT2D eigenvalue weighted by molar-refractivity contribution is 5.42. The second kappa shape index (κ2) is 4.02. The fraction of sp³-hybridized carbons (Fsp3) is 0.100. The van der Waals surface area contributed by atoms with E-state index in [1.165, 1.54) is 6.07 Å². The molecule has 1 nitrogen and oxygen atoms in total. The summed E-state index contributed by atoms with van der Waals surface area (Å²) in [4.78, 5) is 0. The largest absolute Gasteiger partial charge is 0.419 e. The minimum Gasteiger partial charge on any atom is -0.205 e. The van der Waals surface area contributed by atoms with Crippen molar-refractivity contribution in [3.63, 3.8) is 0 Å². The van der Waals surface area contributed by atoms with Gasteiger partial charge in [0, 0.05) is 5.92 Å². The van der Waals surface area contributed by atoms with Crippen LogP contribution in [0.5, 0.6) is 0 Å². The summed E-state index contributed by atoms with van der Waals surface area (Å²) in [5, 5.41) is 8.08. The molecule has 0 saturated heterocycles. The Kier molecular flexibility index (Phi) is 2.96. The van der Waals surface area contributed by atoms with Gasteiger partial charge < -0.3 is 0 Å². The highest BCUT2D eigenvalue weighted by Gasteiger charge is 2.34. The van der Waals surface area contributed by atoms with Crippen LogP contribution in [0.3, 0.4) is 0 Å². The maximum Gasteiger partial charge on any atom is 0.419 e. The molecule has 1 aromatic rings. The Morgan fingerprint density at radius 3 is 2.40 bits per heavy atom. The summed E-state index contributed by atoms with van der Waals surface area (Å²) in [6, 6.07) is 4.12. The maximum atomic E-state index is 13.2. The average Bonchev–Trinajstić information content (AvgIpc) is 2.14. The normalized spacial score (nSPS) is 10.1. The van der Waals surface area contributed by atoms with Crippen LogP contribution in [-0.2, 0) is 6.18 Å². The third kappa shape index (κ3) is 2.47. The number of alkyl halides is 3. The Labute approximate surface area is 82.9 Å². The van der Waals surface area contributed by atoms with Crippen molar-refractivity contribution < 1.29 is 17.6 Å². The zero-order valence-electron chi connectivity index (χ0n) is 7.19. The molecular formula is C10H3F4N. The van der Waals surface area contributed by atoms with Crippen LogP contribution in [0.1, 0.15) is 11.1 Å². The van der Waals surface area contributed by atoms with Crippen molar-refractivity contribution in [2.75, 3.05) is 0 Å². The third-order valence-electron chi connectivity index (χ3n) is 1.56. The van der Waals surface area contributed by atoms with E-state index in [-0.39, 0.29) is 0 Å². The molecule has 0 fully saturated rings. The number of benzene rings is 1. The highest BCUT2D eigenvalue weighted by Crippen LogP contribution is 2.32. The van der Waals surface area contributed by atoms with Crippen LogP contribution in [0, 0.1) is 29.0 Å².